The summed E-state index contributed by atoms with van der Waals surface area (Å²) >= 11 is 0. The Morgan fingerprint density at radius 1 is 1.04 bits per heavy atom. The van der Waals surface area contributed by atoms with Gasteiger partial charge in [0.2, 0.25) is 0 Å². The molecule has 3 rings (SSSR count). The lowest BCUT2D eigenvalue weighted by Gasteiger charge is -2.10. The third-order valence-corrected chi connectivity index (χ3v) is 3.67. The van der Waals surface area contributed by atoms with Gasteiger partial charge in [-0.15, -0.1) is 0 Å². The number of ether oxygens (including phenoxy) is 2. The number of pyridine rings is 1. The van der Waals surface area contributed by atoms with Crippen LogP contribution >= 0.6 is 0 Å². The molecule has 5 heteroatoms. The molecule has 0 aliphatic heterocycles. The molecule has 3 aromatic rings. The van der Waals surface area contributed by atoms with Gasteiger partial charge in [-0.25, -0.2) is 0 Å². The van der Waals surface area contributed by atoms with E-state index in [4.69, 9.17) is 9.47 Å². The molecule has 0 aliphatic rings. The minimum absolute atomic E-state index is 0.136. The zero-order chi connectivity index (χ0) is 17.5. The molecule has 1 amide bonds. The van der Waals surface area contributed by atoms with Gasteiger partial charge in [0.1, 0.15) is 23.6 Å². The Kier molecular flexibility index (Phi) is 5.46. The Bertz CT molecular complexity index is 842. The number of nitrogens with one attached hydrogen (secondary N) is 1. The topological polar surface area (TPSA) is 60.5 Å². The van der Waals surface area contributed by atoms with Gasteiger partial charge in [0, 0.05) is 17.1 Å². The minimum Gasteiger partial charge on any atom is -0.494 e. The number of carbonyl (C=O) groups is 1. The van der Waals surface area contributed by atoms with Gasteiger partial charge in [0.25, 0.3) is 5.91 Å². The van der Waals surface area contributed by atoms with Crippen LogP contribution in [0.25, 0.3) is 10.9 Å². The second-order valence-corrected chi connectivity index (χ2v) is 5.39. The fourth-order valence-electron chi connectivity index (χ4n) is 2.49. The summed E-state index contributed by atoms with van der Waals surface area (Å²) in [5.41, 5.74) is 1.41. The number of fused-ring (bicyclic) bond motifs is 1. The molecule has 0 bridgehead atoms. The fourth-order valence-corrected chi connectivity index (χ4v) is 2.49. The maximum Gasteiger partial charge on any atom is 0.251 e. The van der Waals surface area contributed by atoms with E-state index in [0.717, 1.165) is 16.7 Å². The molecule has 0 atom stereocenters. The summed E-state index contributed by atoms with van der Waals surface area (Å²) in [5, 5.41) is 3.87. The molecule has 128 valence electrons. The Labute approximate surface area is 146 Å². The molecular formula is C20H20N2O3. The standard InChI is InChI=1S/C20H20N2O3/c1-2-24-17-10-8-16(9-11-17)20(23)22-13-14-25-18-7-3-5-15-6-4-12-21-19(15)18/h3-12H,2,13-14H2,1H3,(H,22,23). The van der Waals surface area contributed by atoms with Crippen molar-refractivity contribution in [2.75, 3.05) is 19.8 Å². The number of carbonyl (C=O) groups excluding carboxylic acids is 1. The van der Waals surface area contributed by atoms with Crippen molar-refractivity contribution in [3.05, 3.63) is 66.4 Å². The second-order valence-electron chi connectivity index (χ2n) is 5.39. The number of rotatable bonds is 7. The van der Waals surface area contributed by atoms with Crippen LogP contribution < -0.4 is 14.8 Å². The molecule has 0 saturated heterocycles. The average molecular weight is 336 g/mol. The quantitative estimate of drug-likeness (QED) is 0.672. The van der Waals surface area contributed by atoms with E-state index in [0.29, 0.717) is 31.1 Å². The Morgan fingerprint density at radius 3 is 2.64 bits per heavy atom. The second kappa shape index (κ2) is 8.15. The Morgan fingerprint density at radius 2 is 1.84 bits per heavy atom. The summed E-state index contributed by atoms with van der Waals surface area (Å²) in [4.78, 5) is 16.5. The van der Waals surface area contributed by atoms with Crippen molar-refractivity contribution in [1.29, 1.82) is 0 Å². The fraction of sp³-hybridized carbons (Fsp3) is 0.200. The highest BCUT2D eigenvalue weighted by atomic mass is 16.5. The van der Waals surface area contributed by atoms with Crippen molar-refractivity contribution in [3.63, 3.8) is 0 Å². The van der Waals surface area contributed by atoms with E-state index in [1.165, 1.54) is 0 Å². The first kappa shape index (κ1) is 16.8. The molecule has 0 radical (unpaired) electrons. The Balaban J connectivity index is 1.51. The third-order valence-electron chi connectivity index (χ3n) is 3.67. The number of nitrogens with zero attached hydrogens (tertiary/aromatic N) is 1. The Hall–Kier alpha value is -3.08. The van der Waals surface area contributed by atoms with E-state index < -0.39 is 0 Å². The SMILES string of the molecule is CCOc1ccc(C(=O)NCCOc2cccc3cccnc23)cc1. The number of para-hydroxylation sites is 1. The summed E-state index contributed by atoms with van der Waals surface area (Å²) in [6.07, 6.45) is 1.74. The van der Waals surface area contributed by atoms with Crippen LogP contribution in [0.2, 0.25) is 0 Å². The zero-order valence-electron chi connectivity index (χ0n) is 14.1. The van der Waals surface area contributed by atoms with Crippen molar-refractivity contribution in [1.82, 2.24) is 10.3 Å². The van der Waals surface area contributed by atoms with E-state index in [2.05, 4.69) is 10.3 Å². The molecule has 1 heterocycles. The number of hydrogen-bond acceptors (Lipinski definition) is 4. The summed E-state index contributed by atoms with van der Waals surface area (Å²) in [6, 6.07) is 16.7. The van der Waals surface area contributed by atoms with E-state index in [9.17, 15) is 4.79 Å². The van der Waals surface area contributed by atoms with Crippen LogP contribution in [0, 0.1) is 0 Å². The molecule has 5 nitrogen and oxygen atoms in total. The van der Waals surface area contributed by atoms with Crippen LogP contribution in [-0.4, -0.2) is 30.6 Å². The molecule has 0 saturated carbocycles. The van der Waals surface area contributed by atoms with Gasteiger partial charge >= 0.3 is 0 Å². The molecule has 25 heavy (non-hydrogen) atoms. The number of hydrogen-bond donors (Lipinski definition) is 1. The van der Waals surface area contributed by atoms with Gasteiger partial charge in [-0.3, -0.25) is 9.78 Å². The minimum atomic E-state index is -0.136. The predicted molar refractivity (Wildman–Crippen MR) is 97.2 cm³/mol. The van der Waals surface area contributed by atoms with Crippen LogP contribution in [0.1, 0.15) is 17.3 Å². The van der Waals surface area contributed by atoms with Crippen molar-refractivity contribution < 1.29 is 14.3 Å². The zero-order valence-corrected chi connectivity index (χ0v) is 14.1. The maximum absolute atomic E-state index is 12.1. The first-order valence-electron chi connectivity index (χ1n) is 8.25. The smallest absolute Gasteiger partial charge is 0.251 e. The van der Waals surface area contributed by atoms with Crippen molar-refractivity contribution in [3.8, 4) is 11.5 Å². The first-order chi connectivity index (χ1) is 12.3. The van der Waals surface area contributed by atoms with Gasteiger partial charge in [0.15, 0.2) is 0 Å². The molecule has 0 fully saturated rings. The molecule has 0 aliphatic carbocycles. The van der Waals surface area contributed by atoms with E-state index in [1.54, 1.807) is 30.5 Å². The number of aromatic nitrogens is 1. The summed E-state index contributed by atoms with van der Waals surface area (Å²) in [7, 11) is 0. The highest BCUT2D eigenvalue weighted by Gasteiger charge is 2.06. The highest BCUT2D eigenvalue weighted by molar-refractivity contribution is 5.94. The maximum atomic E-state index is 12.1. The van der Waals surface area contributed by atoms with Gasteiger partial charge in [-0.2, -0.15) is 0 Å². The van der Waals surface area contributed by atoms with E-state index in [1.807, 2.05) is 37.3 Å². The molecule has 0 unspecified atom stereocenters. The monoisotopic (exact) mass is 336 g/mol. The molecule has 0 spiro atoms. The lowest BCUT2D eigenvalue weighted by atomic mass is 10.2. The van der Waals surface area contributed by atoms with Crippen molar-refractivity contribution in [2.24, 2.45) is 0 Å². The van der Waals surface area contributed by atoms with Crippen LogP contribution in [0.3, 0.4) is 0 Å². The lowest BCUT2D eigenvalue weighted by Crippen LogP contribution is -2.28. The summed E-state index contributed by atoms with van der Waals surface area (Å²) in [5.74, 6) is 1.34. The molecule has 2 aromatic carbocycles. The van der Waals surface area contributed by atoms with Crippen LogP contribution in [0.15, 0.2) is 60.8 Å². The molecule has 1 N–H and O–H groups in total. The average Bonchev–Trinajstić information content (AvgIpc) is 2.66. The third kappa shape index (κ3) is 4.26. The number of benzene rings is 2. The summed E-state index contributed by atoms with van der Waals surface area (Å²) in [6.45, 7) is 3.31. The van der Waals surface area contributed by atoms with E-state index >= 15 is 0 Å². The largest absolute Gasteiger partial charge is 0.494 e. The van der Waals surface area contributed by atoms with Gasteiger partial charge in [0.05, 0.1) is 13.2 Å². The van der Waals surface area contributed by atoms with Crippen molar-refractivity contribution >= 4 is 16.8 Å². The lowest BCUT2D eigenvalue weighted by molar-refractivity contribution is 0.0947. The van der Waals surface area contributed by atoms with E-state index in [-0.39, 0.29) is 5.91 Å². The summed E-state index contributed by atoms with van der Waals surface area (Å²) < 4.78 is 11.1. The van der Waals surface area contributed by atoms with Crippen LogP contribution in [0.5, 0.6) is 11.5 Å². The molecular weight excluding hydrogens is 316 g/mol. The van der Waals surface area contributed by atoms with Gasteiger partial charge in [-0.05, 0) is 43.3 Å². The molecule has 1 aromatic heterocycles. The van der Waals surface area contributed by atoms with Gasteiger partial charge in [-0.1, -0.05) is 18.2 Å². The van der Waals surface area contributed by atoms with Gasteiger partial charge < -0.3 is 14.8 Å². The highest BCUT2D eigenvalue weighted by Crippen LogP contribution is 2.22. The predicted octanol–water partition coefficient (Wildman–Crippen LogP) is 3.44. The normalized spacial score (nSPS) is 10.4. The van der Waals surface area contributed by atoms with Crippen LogP contribution in [0.4, 0.5) is 0 Å². The first-order valence-corrected chi connectivity index (χ1v) is 8.25. The van der Waals surface area contributed by atoms with Crippen molar-refractivity contribution in [2.45, 2.75) is 6.92 Å². The van der Waals surface area contributed by atoms with Crippen LogP contribution in [-0.2, 0) is 0 Å². The number of amides is 1.